The summed E-state index contributed by atoms with van der Waals surface area (Å²) >= 11 is 0. The normalized spacial score (nSPS) is 37.0. The van der Waals surface area contributed by atoms with Crippen LogP contribution in [0.5, 0.6) is 0 Å². The molecule has 3 fully saturated rings. The number of nitrogens with zero attached hydrogens (tertiary/aromatic N) is 2. The van der Waals surface area contributed by atoms with Crippen LogP contribution in [0.1, 0.15) is 39.0 Å². The molecule has 3 atom stereocenters. The van der Waals surface area contributed by atoms with Gasteiger partial charge in [0.2, 0.25) is 10.0 Å². The molecule has 0 aromatic carbocycles. The van der Waals surface area contributed by atoms with Crippen LogP contribution in [0.3, 0.4) is 0 Å². The number of sulfonamides is 1. The quantitative estimate of drug-likeness (QED) is 0.787. The Morgan fingerprint density at radius 2 is 1.79 bits per heavy atom. The minimum absolute atomic E-state index is 0.307. The molecular formula is C14H26N2O2S. The van der Waals surface area contributed by atoms with Crippen molar-refractivity contribution < 1.29 is 8.42 Å². The van der Waals surface area contributed by atoms with E-state index in [1.54, 1.807) is 4.31 Å². The van der Waals surface area contributed by atoms with Crippen molar-refractivity contribution in [1.82, 2.24) is 9.21 Å². The van der Waals surface area contributed by atoms with Crippen LogP contribution in [-0.2, 0) is 10.0 Å². The first-order valence-corrected chi connectivity index (χ1v) is 9.43. The molecule has 0 aromatic rings. The van der Waals surface area contributed by atoms with Crippen molar-refractivity contribution in [3.8, 4) is 0 Å². The van der Waals surface area contributed by atoms with E-state index in [0.29, 0.717) is 18.8 Å². The number of rotatable bonds is 4. The van der Waals surface area contributed by atoms with Gasteiger partial charge in [-0.3, -0.25) is 4.90 Å². The number of piperazine rings is 1. The molecule has 0 amide bonds. The summed E-state index contributed by atoms with van der Waals surface area (Å²) in [4.78, 5) is 2.57. The Kier molecular flexibility index (Phi) is 3.89. The summed E-state index contributed by atoms with van der Waals surface area (Å²) in [5.74, 6) is 2.18. The lowest BCUT2D eigenvalue weighted by molar-refractivity contribution is 0.101. The first kappa shape index (κ1) is 13.8. The van der Waals surface area contributed by atoms with E-state index >= 15 is 0 Å². The second kappa shape index (κ2) is 5.34. The summed E-state index contributed by atoms with van der Waals surface area (Å²) in [5.41, 5.74) is 0. The van der Waals surface area contributed by atoms with E-state index in [1.165, 1.54) is 25.7 Å². The van der Waals surface area contributed by atoms with Crippen molar-refractivity contribution in [2.75, 3.05) is 31.9 Å². The third-order valence-corrected chi connectivity index (χ3v) is 7.37. The summed E-state index contributed by atoms with van der Waals surface area (Å²) in [5, 5.41) is 0. The first-order chi connectivity index (χ1) is 9.10. The maximum Gasteiger partial charge on any atom is 0.214 e. The highest BCUT2D eigenvalue weighted by molar-refractivity contribution is 7.89. The molecule has 0 N–H and O–H groups in total. The van der Waals surface area contributed by atoms with Crippen molar-refractivity contribution in [3.05, 3.63) is 0 Å². The van der Waals surface area contributed by atoms with Gasteiger partial charge in [0.1, 0.15) is 0 Å². The Bertz CT molecular complexity index is 415. The highest BCUT2D eigenvalue weighted by Gasteiger charge is 2.43. The van der Waals surface area contributed by atoms with Crippen molar-refractivity contribution in [1.29, 1.82) is 0 Å². The van der Waals surface area contributed by atoms with E-state index < -0.39 is 10.0 Å². The average Bonchev–Trinajstić information content (AvgIpc) is 3.01. The predicted molar refractivity (Wildman–Crippen MR) is 76.5 cm³/mol. The highest BCUT2D eigenvalue weighted by Crippen LogP contribution is 2.46. The monoisotopic (exact) mass is 286 g/mol. The zero-order valence-electron chi connectivity index (χ0n) is 11.9. The fraction of sp³-hybridized carbons (Fsp3) is 1.00. The van der Waals surface area contributed by atoms with E-state index in [0.717, 1.165) is 37.4 Å². The van der Waals surface area contributed by atoms with Crippen LogP contribution in [0.15, 0.2) is 0 Å². The second-order valence-electron chi connectivity index (χ2n) is 6.49. The van der Waals surface area contributed by atoms with Gasteiger partial charge in [-0.05, 0) is 37.5 Å². The molecule has 5 heteroatoms. The molecule has 3 rings (SSSR count). The largest absolute Gasteiger partial charge is 0.297 e. The molecule has 0 unspecified atom stereocenters. The van der Waals surface area contributed by atoms with Gasteiger partial charge in [-0.15, -0.1) is 0 Å². The number of fused-ring (bicyclic) bond motifs is 2. The number of hydrogen-bond donors (Lipinski definition) is 0. The molecule has 0 spiro atoms. The molecule has 1 heterocycles. The molecule has 2 saturated carbocycles. The van der Waals surface area contributed by atoms with Gasteiger partial charge in [0.25, 0.3) is 0 Å². The van der Waals surface area contributed by atoms with Crippen molar-refractivity contribution in [3.63, 3.8) is 0 Å². The molecule has 19 heavy (non-hydrogen) atoms. The van der Waals surface area contributed by atoms with Crippen LogP contribution in [0.2, 0.25) is 0 Å². The molecule has 0 radical (unpaired) electrons. The van der Waals surface area contributed by atoms with Crippen LogP contribution in [-0.4, -0.2) is 55.6 Å². The predicted octanol–water partition coefficient (Wildman–Crippen LogP) is 1.53. The van der Waals surface area contributed by atoms with Gasteiger partial charge in [-0.25, -0.2) is 8.42 Å². The van der Waals surface area contributed by atoms with Gasteiger partial charge < -0.3 is 0 Å². The van der Waals surface area contributed by atoms with Crippen LogP contribution in [0, 0.1) is 11.8 Å². The second-order valence-corrected chi connectivity index (χ2v) is 8.58. The minimum atomic E-state index is -2.98. The van der Waals surface area contributed by atoms with Crippen LogP contribution in [0.4, 0.5) is 0 Å². The topological polar surface area (TPSA) is 40.6 Å². The Morgan fingerprint density at radius 1 is 1.05 bits per heavy atom. The highest BCUT2D eigenvalue weighted by atomic mass is 32.2. The fourth-order valence-electron chi connectivity index (χ4n) is 4.36. The lowest BCUT2D eigenvalue weighted by atomic mass is 9.93. The van der Waals surface area contributed by atoms with Crippen LogP contribution >= 0.6 is 0 Å². The molecule has 110 valence electrons. The van der Waals surface area contributed by atoms with Gasteiger partial charge in [-0.2, -0.15) is 4.31 Å². The van der Waals surface area contributed by atoms with Gasteiger partial charge in [0.05, 0.1) is 5.75 Å². The van der Waals surface area contributed by atoms with Crippen molar-refractivity contribution in [2.45, 2.75) is 45.1 Å². The first-order valence-electron chi connectivity index (χ1n) is 7.82. The maximum absolute atomic E-state index is 12.0. The molecular weight excluding hydrogens is 260 g/mol. The molecule has 2 aliphatic carbocycles. The zero-order valence-corrected chi connectivity index (χ0v) is 12.7. The van der Waals surface area contributed by atoms with E-state index in [2.05, 4.69) is 4.90 Å². The molecule has 2 bridgehead atoms. The van der Waals surface area contributed by atoms with Gasteiger partial charge in [0, 0.05) is 32.2 Å². The average molecular weight is 286 g/mol. The van der Waals surface area contributed by atoms with E-state index in [1.807, 2.05) is 6.92 Å². The summed E-state index contributed by atoms with van der Waals surface area (Å²) < 4.78 is 25.8. The molecule has 4 nitrogen and oxygen atoms in total. The smallest absolute Gasteiger partial charge is 0.214 e. The van der Waals surface area contributed by atoms with E-state index in [9.17, 15) is 8.42 Å². The fourth-order valence-corrected chi connectivity index (χ4v) is 5.85. The standard InChI is InChI=1S/C14H26N2O2S/c1-2-9-19(17,18)16-7-5-15(6-8-16)14-11-12-3-4-13(14)10-12/h12-14H,2-11H2,1H3/t12-,13-,14+/m0/s1. The minimum Gasteiger partial charge on any atom is -0.297 e. The van der Waals surface area contributed by atoms with Crippen LogP contribution in [0.25, 0.3) is 0 Å². The van der Waals surface area contributed by atoms with E-state index in [-0.39, 0.29) is 0 Å². The summed E-state index contributed by atoms with van der Waals surface area (Å²) in [6.45, 7) is 5.23. The maximum atomic E-state index is 12.0. The van der Waals surface area contributed by atoms with Gasteiger partial charge in [-0.1, -0.05) is 13.3 Å². The van der Waals surface area contributed by atoms with Crippen LogP contribution < -0.4 is 0 Å². The zero-order chi connectivity index (χ0) is 13.5. The lowest BCUT2D eigenvalue weighted by Crippen LogP contribution is -2.53. The third kappa shape index (κ3) is 2.69. The summed E-state index contributed by atoms with van der Waals surface area (Å²) in [6, 6.07) is 0.759. The molecule has 1 saturated heterocycles. The van der Waals surface area contributed by atoms with E-state index in [4.69, 9.17) is 0 Å². The molecule has 3 aliphatic rings. The Hall–Kier alpha value is -0.130. The van der Waals surface area contributed by atoms with Crippen molar-refractivity contribution >= 4 is 10.0 Å². The lowest BCUT2D eigenvalue weighted by Gasteiger charge is -2.40. The molecule has 1 aliphatic heterocycles. The van der Waals surface area contributed by atoms with Crippen molar-refractivity contribution in [2.24, 2.45) is 11.8 Å². The SMILES string of the molecule is CCCS(=O)(=O)N1CCN([C@@H]2C[C@H]3CC[C@H]2C3)CC1. The third-order valence-electron chi connectivity index (χ3n) is 5.30. The Labute approximate surface area is 117 Å². The Balaban J connectivity index is 1.55. The molecule has 0 aromatic heterocycles. The van der Waals surface area contributed by atoms with Gasteiger partial charge >= 0.3 is 0 Å². The summed E-state index contributed by atoms with van der Waals surface area (Å²) in [7, 11) is -2.98. The Morgan fingerprint density at radius 3 is 2.32 bits per heavy atom. The summed E-state index contributed by atoms with van der Waals surface area (Å²) in [6.07, 6.45) is 6.36. The van der Waals surface area contributed by atoms with Gasteiger partial charge in [0.15, 0.2) is 0 Å². The number of hydrogen-bond acceptors (Lipinski definition) is 3.